The van der Waals surface area contributed by atoms with Gasteiger partial charge in [0.25, 0.3) is 0 Å². The molecule has 1 N–H and O–H groups in total. The van der Waals surface area contributed by atoms with Gasteiger partial charge in [0.05, 0.1) is 11.4 Å². The Hall–Kier alpha value is -2.83. The lowest BCUT2D eigenvalue weighted by atomic mass is 10.1. The number of carboxylic acid groups (broad SMARTS) is 1. The van der Waals surface area contributed by atoms with E-state index >= 15 is 0 Å². The predicted molar refractivity (Wildman–Crippen MR) is 90.2 cm³/mol. The molecule has 0 spiro atoms. The molecule has 0 aliphatic carbocycles. The number of urea groups is 1. The van der Waals surface area contributed by atoms with Crippen LogP contribution in [0.25, 0.3) is 11.3 Å². The number of hydrogen-bond donors (Lipinski definition) is 1. The summed E-state index contributed by atoms with van der Waals surface area (Å²) >= 11 is 0. The van der Waals surface area contributed by atoms with Crippen LogP contribution in [0.1, 0.15) is 24.3 Å². The Morgan fingerprint density at radius 3 is 2.54 bits per heavy atom. The second-order valence-electron chi connectivity index (χ2n) is 6.08. The Morgan fingerprint density at radius 1 is 1.25 bits per heavy atom. The van der Waals surface area contributed by atoms with Crippen LogP contribution >= 0.6 is 0 Å². The van der Waals surface area contributed by atoms with Crippen LogP contribution in [0.4, 0.5) is 10.5 Å². The lowest BCUT2D eigenvalue weighted by molar-refractivity contribution is 0.0689. The van der Waals surface area contributed by atoms with Gasteiger partial charge in [-0.3, -0.25) is 9.58 Å². The summed E-state index contributed by atoms with van der Waals surface area (Å²) in [6, 6.07) is 9.14. The van der Waals surface area contributed by atoms with Crippen molar-refractivity contribution in [3.05, 3.63) is 36.0 Å². The summed E-state index contributed by atoms with van der Waals surface area (Å²) in [5.74, 6) is -1.07. The largest absolute Gasteiger partial charge is 0.476 e. The Labute approximate surface area is 140 Å². The molecule has 0 atom stereocenters. The summed E-state index contributed by atoms with van der Waals surface area (Å²) < 4.78 is 1.53. The highest BCUT2D eigenvalue weighted by molar-refractivity contribution is 5.98. The summed E-state index contributed by atoms with van der Waals surface area (Å²) in [5.41, 5.74) is 2.21. The molecule has 2 heterocycles. The van der Waals surface area contributed by atoms with Gasteiger partial charge in [0.2, 0.25) is 0 Å². The number of carboxylic acids is 1. The smallest absolute Gasteiger partial charge is 0.356 e. The molecule has 3 rings (SSSR count). The van der Waals surface area contributed by atoms with Gasteiger partial charge in [-0.2, -0.15) is 5.10 Å². The highest BCUT2D eigenvalue weighted by Crippen LogP contribution is 2.33. The van der Waals surface area contributed by atoms with Crippen molar-refractivity contribution in [3.63, 3.8) is 0 Å². The van der Waals surface area contributed by atoms with Crippen LogP contribution in [-0.4, -0.2) is 50.9 Å². The number of aromatic carboxylic acids is 1. The molecule has 2 aromatic rings. The van der Waals surface area contributed by atoms with E-state index in [0.29, 0.717) is 18.8 Å². The van der Waals surface area contributed by atoms with Crippen molar-refractivity contribution >= 4 is 17.7 Å². The molecule has 0 radical (unpaired) electrons. The maximum Gasteiger partial charge on any atom is 0.356 e. The monoisotopic (exact) mass is 328 g/mol. The van der Waals surface area contributed by atoms with Gasteiger partial charge in [0.15, 0.2) is 5.69 Å². The molecular weight excluding hydrogens is 308 g/mol. The van der Waals surface area contributed by atoms with Crippen molar-refractivity contribution in [2.45, 2.75) is 19.9 Å². The Bertz CT molecular complexity index is 797. The highest BCUT2D eigenvalue weighted by atomic mass is 16.4. The highest BCUT2D eigenvalue weighted by Gasteiger charge is 2.32. The lowest BCUT2D eigenvalue weighted by Crippen LogP contribution is -2.36. The summed E-state index contributed by atoms with van der Waals surface area (Å²) in [6.07, 6.45) is 0. The topological polar surface area (TPSA) is 78.7 Å². The molecule has 1 aliphatic heterocycles. The van der Waals surface area contributed by atoms with Crippen LogP contribution in [0.5, 0.6) is 0 Å². The van der Waals surface area contributed by atoms with Gasteiger partial charge in [0.1, 0.15) is 0 Å². The minimum atomic E-state index is -1.07. The molecule has 7 nitrogen and oxygen atoms in total. The van der Waals surface area contributed by atoms with Crippen LogP contribution in [0.15, 0.2) is 30.3 Å². The number of aromatic nitrogens is 2. The maximum absolute atomic E-state index is 12.7. The fraction of sp³-hybridized carbons (Fsp3) is 0.353. The van der Waals surface area contributed by atoms with Crippen molar-refractivity contribution in [2.24, 2.45) is 7.05 Å². The van der Waals surface area contributed by atoms with Crippen LogP contribution in [0.2, 0.25) is 0 Å². The van der Waals surface area contributed by atoms with E-state index in [0.717, 1.165) is 11.3 Å². The molecule has 7 heteroatoms. The number of anilines is 1. The third-order valence-electron chi connectivity index (χ3n) is 4.23. The zero-order valence-corrected chi connectivity index (χ0v) is 13.9. The zero-order chi connectivity index (χ0) is 17.4. The molecule has 1 aromatic heterocycles. The van der Waals surface area contributed by atoms with Crippen molar-refractivity contribution in [3.8, 4) is 11.3 Å². The van der Waals surface area contributed by atoms with Crippen LogP contribution in [-0.2, 0) is 7.05 Å². The lowest BCUT2D eigenvalue weighted by Gasteiger charge is -2.23. The van der Waals surface area contributed by atoms with Gasteiger partial charge < -0.3 is 10.0 Å². The van der Waals surface area contributed by atoms with Gasteiger partial charge >= 0.3 is 12.0 Å². The number of para-hydroxylation sites is 1. The molecule has 24 heavy (non-hydrogen) atoms. The van der Waals surface area contributed by atoms with Gasteiger partial charge in [-0.25, -0.2) is 9.59 Å². The number of amides is 2. The average molecular weight is 328 g/mol. The molecular formula is C17H20N4O3. The first-order valence-electron chi connectivity index (χ1n) is 7.85. The second-order valence-corrected chi connectivity index (χ2v) is 6.08. The minimum Gasteiger partial charge on any atom is -0.476 e. The number of carbonyl (C=O) groups excluding carboxylic acids is 1. The quantitative estimate of drug-likeness (QED) is 0.935. The van der Waals surface area contributed by atoms with Crippen molar-refractivity contribution in [2.75, 3.05) is 18.0 Å². The number of rotatable bonds is 4. The van der Waals surface area contributed by atoms with E-state index in [-0.39, 0.29) is 17.8 Å². The van der Waals surface area contributed by atoms with E-state index in [9.17, 15) is 9.59 Å². The Kier molecular flexibility index (Phi) is 4.01. The summed E-state index contributed by atoms with van der Waals surface area (Å²) in [6.45, 7) is 5.27. The van der Waals surface area contributed by atoms with Gasteiger partial charge in [-0.15, -0.1) is 0 Å². The number of nitrogens with zero attached hydrogens (tertiary/aromatic N) is 4. The summed E-state index contributed by atoms with van der Waals surface area (Å²) in [7, 11) is 1.70. The molecule has 1 saturated heterocycles. The normalized spacial score (nSPS) is 14.8. The third kappa shape index (κ3) is 2.62. The average Bonchev–Trinajstić information content (AvgIpc) is 3.10. The summed E-state index contributed by atoms with van der Waals surface area (Å²) in [4.78, 5) is 27.4. The fourth-order valence-corrected chi connectivity index (χ4v) is 3.01. The molecule has 2 amide bonds. The van der Waals surface area contributed by atoms with E-state index < -0.39 is 5.97 Å². The van der Waals surface area contributed by atoms with Crippen molar-refractivity contribution < 1.29 is 14.7 Å². The van der Waals surface area contributed by atoms with Gasteiger partial charge in [-0.1, -0.05) is 18.2 Å². The number of hydrogen-bond acceptors (Lipinski definition) is 3. The first-order valence-corrected chi connectivity index (χ1v) is 7.85. The van der Waals surface area contributed by atoms with Gasteiger partial charge in [0, 0.05) is 31.7 Å². The molecule has 0 unspecified atom stereocenters. The van der Waals surface area contributed by atoms with E-state index in [2.05, 4.69) is 5.10 Å². The third-order valence-corrected chi connectivity index (χ3v) is 4.23. The predicted octanol–water partition coefficient (Wildman–Crippen LogP) is 2.44. The fourth-order valence-electron chi connectivity index (χ4n) is 3.01. The number of benzene rings is 1. The van der Waals surface area contributed by atoms with Crippen molar-refractivity contribution in [1.29, 1.82) is 0 Å². The molecule has 1 fully saturated rings. The Morgan fingerprint density at radius 2 is 1.96 bits per heavy atom. The number of aryl methyl sites for hydroxylation is 1. The maximum atomic E-state index is 12.7. The zero-order valence-electron chi connectivity index (χ0n) is 13.9. The summed E-state index contributed by atoms with van der Waals surface area (Å²) in [5, 5.41) is 13.2. The minimum absolute atomic E-state index is 0.0149. The van der Waals surface area contributed by atoms with Crippen LogP contribution < -0.4 is 4.90 Å². The van der Waals surface area contributed by atoms with E-state index in [4.69, 9.17) is 5.11 Å². The van der Waals surface area contributed by atoms with E-state index in [1.54, 1.807) is 11.9 Å². The molecule has 0 bridgehead atoms. The van der Waals surface area contributed by atoms with Gasteiger partial charge in [-0.05, 0) is 26.0 Å². The number of carbonyl (C=O) groups is 2. The molecule has 126 valence electrons. The van der Waals surface area contributed by atoms with E-state index in [1.165, 1.54) is 10.7 Å². The van der Waals surface area contributed by atoms with Crippen LogP contribution in [0, 0.1) is 0 Å². The molecule has 0 saturated carbocycles. The standard InChI is InChI=1S/C17H20N4O3/c1-11(2)20-8-9-21(17(20)24)14-7-5-4-6-12(14)15-10-13(16(22)23)18-19(15)3/h4-7,10-11H,8-9H2,1-3H3,(H,22,23). The first kappa shape index (κ1) is 16.0. The first-order chi connectivity index (χ1) is 11.4. The second kappa shape index (κ2) is 5.99. The van der Waals surface area contributed by atoms with Crippen LogP contribution in [0.3, 0.4) is 0 Å². The SMILES string of the molecule is CC(C)N1CCN(c2ccccc2-c2cc(C(=O)O)nn2C)C1=O. The van der Waals surface area contributed by atoms with E-state index in [1.807, 2.05) is 43.0 Å². The van der Waals surface area contributed by atoms with Crippen molar-refractivity contribution in [1.82, 2.24) is 14.7 Å². The molecule has 1 aromatic carbocycles. The Balaban J connectivity index is 2.04. The molecule has 1 aliphatic rings.